The summed E-state index contributed by atoms with van der Waals surface area (Å²) in [5, 5.41) is 5.05. The second-order valence-corrected chi connectivity index (χ2v) is 7.25. The van der Waals surface area contributed by atoms with E-state index in [0.29, 0.717) is 26.4 Å². The number of nitrogens with zero attached hydrogens (tertiary/aromatic N) is 2. The zero-order valence-corrected chi connectivity index (χ0v) is 15.1. The van der Waals surface area contributed by atoms with Gasteiger partial charge in [0.25, 0.3) is 5.91 Å². The van der Waals surface area contributed by atoms with Crippen LogP contribution >= 0.6 is 0 Å². The van der Waals surface area contributed by atoms with Crippen LogP contribution in [0.3, 0.4) is 0 Å². The van der Waals surface area contributed by atoms with Crippen LogP contribution in [0.15, 0.2) is 42.5 Å². The number of rotatable bonds is 3. The molecule has 1 N–H and O–H groups in total. The molecule has 3 amide bonds. The van der Waals surface area contributed by atoms with Crippen molar-refractivity contribution in [2.75, 3.05) is 26.4 Å². The fourth-order valence-electron chi connectivity index (χ4n) is 3.74. The first-order chi connectivity index (χ1) is 12.5. The fourth-order valence-corrected chi connectivity index (χ4v) is 3.74. The van der Waals surface area contributed by atoms with Gasteiger partial charge in [0, 0.05) is 13.1 Å². The normalized spacial score (nSPS) is 27.2. The van der Waals surface area contributed by atoms with Crippen LogP contribution in [0.1, 0.15) is 19.4 Å². The van der Waals surface area contributed by atoms with E-state index in [1.807, 2.05) is 49.4 Å². The van der Waals surface area contributed by atoms with Crippen molar-refractivity contribution >= 4 is 22.7 Å². The summed E-state index contributed by atoms with van der Waals surface area (Å²) in [5.74, 6) is -0.211. The lowest BCUT2D eigenvalue weighted by atomic mass is 9.90. The Labute approximate surface area is 152 Å². The lowest BCUT2D eigenvalue weighted by Crippen LogP contribution is -2.49. The van der Waals surface area contributed by atoms with Crippen molar-refractivity contribution in [3.8, 4) is 0 Å². The Hall–Kier alpha value is -2.44. The minimum Gasteiger partial charge on any atom is -0.376 e. The zero-order valence-electron chi connectivity index (χ0n) is 15.1. The van der Waals surface area contributed by atoms with Crippen molar-refractivity contribution in [2.24, 2.45) is 0 Å². The first kappa shape index (κ1) is 17.0. The molecule has 0 aromatic heterocycles. The number of urea groups is 1. The summed E-state index contributed by atoms with van der Waals surface area (Å²) < 4.78 is 5.53. The van der Waals surface area contributed by atoms with E-state index in [1.54, 1.807) is 6.92 Å². The third kappa shape index (κ3) is 2.85. The SMILES string of the molecule is C[C@H]1CN(CN2C(=O)N[C@@](C)(c3ccc4ccccc4c3)C2=O)CCO1. The van der Waals surface area contributed by atoms with E-state index in [-0.39, 0.29) is 18.0 Å². The van der Waals surface area contributed by atoms with Crippen molar-refractivity contribution in [3.05, 3.63) is 48.0 Å². The van der Waals surface area contributed by atoms with Gasteiger partial charge in [0.1, 0.15) is 5.54 Å². The Kier molecular flexibility index (Phi) is 4.17. The summed E-state index contributed by atoms with van der Waals surface area (Å²) in [6, 6.07) is 13.5. The van der Waals surface area contributed by atoms with Gasteiger partial charge in [-0.1, -0.05) is 36.4 Å². The summed E-state index contributed by atoms with van der Waals surface area (Å²) in [5.41, 5.74) is -0.244. The van der Waals surface area contributed by atoms with Crippen molar-refractivity contribution in [2.45, 2.75) is 25.5 Å². The molecule has 0 spiro atoms. The monoisotopic (exact) mass is 353 g/mol. The molecule has 2 aromatic rings. The molecule has 2 fully saturated rings. The zero-order chi connectivity index (χ0) is 18.3. The highest BCUT2D eigenvalue weighted by atomic mass is 16.5. The number of imide groups is 1. The highest BCUT2D eigenvalue weighted by Crippen LogP contribution is 2.31. The fraction of sp³-hybridized carbons (Fsp3) is 0.400. The molecule has 4 rings (SSSR count). The molecule has 6 heteroatoms. The average Bonchev–Trinajstić information content (AvgIpc) is 2.85. The van der Waals surface area contributed by atoms with E-state index < -0.39 is 5.54 Å². The number of fused-ring (bicyclic) bond motifs is 1. The number of hydrogen-bond acceptors (Lipinski definition) is 4. The average molecular weight is 353 g/mol. The van der Waals surface area contributed by atoms with Crippen LogP contribution in [0.25, 0.3) is 10.8 Å². The number of carbonyl (C=O) groups excluding carboxylic acids is 2. The number of amides is 3. The van der Waals surface area contributed by atoms with Crippen LogP contribution in [-0.2, 0) is 15.1 Å². The van der Waals surface area contributed by atoms with Crippen molar-refractivity contribution in [3.63, 3.8) is 0 Å². The van der Waals surface area contributed by atoms with E-state index in [4.69, 9.17) is 4.74 Å². The van der Waals surface area contributed by atoms with Gasteiger partial charge in [-0.15, -0.1) is 0 Å². The maximum absolute atomic E-state index is 13.1. The molecule has 2 saturated heterocycles. The number of hydrogen-bond donors (Lipinski definition) is 1. The molecule has 0 bridgehead atoms. The van der Waals surface area contributed by atoms with Crippen LogP contribution in [0.2, 0.25) is 0 Å². The number of morpholine rings is 1. The van der Waals surface area contributed by atoms with E-state index >= 15 is 0 Å². The molecule has 2 aromatic carbocycles. The van der Waals surface area contributed by atoms with Gasteiger partial charge in [-0.25, -0.2) is 9.69 Å². The largest absolute Gasteiger partial charge is 0.376 e. The van der Waals surface area contributed by atoms with Gasteiger partial charge >= 0.3 is 6.03 Å². The lowest BCUT2D eigenvalue weighted by Gasteiger charge is -2.33. The topological polar surface area (TPSA) is 61.9 Å². The molecule has 6 nitrogen and oxygen atoms in total. The van der Waals surface area contributed by atoms with E-state index in [1.165, 1.54) is 4.90 Å². The highest BCUT2D eigenvalue weighted by molar-refractivity contribution is 6.07. The Morgan fingerprint density at radius 2 is 1.96 bits per heavy atom. The number of nitrogens with one attached hydrogen (secondary N) is 1. The van der Waals surface area contributed by atoms with Crippen LogP contribution in [0.4, 0.5) is 4.79 Å². The molecular formula is C20H23N3O3. The summed E-state index contributed by atoms with van der Waals surface area (Å²) in [6.45, 7) is 6.11. The standard InChI is InChI=1S/C20H23N3O3/c1-14-12-22(9-10-26-14)13-23-18(24)20(2,21-19(23)25)17-8-7-15-5-3-4-6-16(15)11-17/h3-8,11,14H,9-10,12-13H2,1-2H3,(H,21,25)/t14-,20-/m0/s1. The maximum Gasteiger partial charge on any atom is 0.326 e. The summed E-state index contributed by atoms with van der Waals surface area (Å²) >= 11 is 0. The third-order valence-corrected chi connectivity index (χ3v) is 5.27. The van der Waals surface area contributed by atoms with Crippen molar-refractivity contribution < 1.29 is 14.3 Å². The molecule has 0 radical (unpaired) electrons. The van der Waals surface area contributed by atoms with E-state index in [9.17, 15) is 9.59 Å². The molecule has 0 aliphatic carbocycles. The lowest BCUT2D eigenvalue weighted by molar-refractivity contribution is -0.133. The highest BCUT2D eigenvalue weighted by Gasteiger charge is 2.49. The number of carbonyl (C=O) groups is 2. The Morgan fingerprint density at radius 3 is 2.73 bits per heavy atom. The minimum atomic E-state index is -1.04. The summed E-state index contributed by atoms with van der Waals surface area (Å²) in [6.07, 6.45) is 0.108. The molecule has 2 aliphatic rings. The summed E-state index contributed by atoms with van der Waals surface area (Å²) in [4.78, 5) is 29.0. The Morgan fingerprint density at radius 1 is 1.19 bits per heavy atom. The molecule has 2 heterocycles. The first-order valence-corrected chi connectivity index (χ1v) is 8.95. The van der Waals surface area contributed by atoms with Crippen LogP contribution < -0.4 is 5.32 Å². The van der Waals surface area contributed by atoms with Gasteiger partial charge in [-0.2, -0.15) is 0 Å². The molecule has 2 atom stereocenters. The maximum atomic E-state index is 13.1. The summed E-state index contributed by atoms with van der Waals surface area (Å²) in [7, 11) is 0. The molecule has 0 saturated carbocycles. The minimum absolute atomic E-state index is 0.108. The molecular weight excluding hydrogens is 330 g/mol. The first-order valence-electron chi connectivity index (χ1n) is 8.95. The van der Waals surface area contributed by atoms with E-state index in [2.05, 4.69) is 10.2 Å². The van der Waals surface area contributed by atoms with E-state index in [0.717, 1.165) is 16.3 Å². The van der Waals surface area contributed by atoms with Gasteiger partial charge in [0.05, 0.1) is 19.4 Å². The van der Waals surface area contributed by atoms with Crippen molar-refractivity contribution in [1.82, 2.24) is 15.1 Å². The van der Waals surface area contributed by atoms with Gasteiger partial charge in [-0.3, -0.25) is 9.69 Å². The van der Waals surface area contributed by atoms with Gasteiger partial charge in [0.2, 0.25) is 0 Å². The molecule has 2 aliphatic heterocycles. The molecule has 0 unspecified atom stereocenters. The molecule has 26 heavy (non-hydrogen) atoms. The van der Waals surface area contributed by atoms with Crippen LogP contribution in [-0.4, -0.2) is 54.2 Å². The number of benzene rings is 2. The predicted octanol–water partition coefficient (Wildman–Crippen LogP) is 2.29. The Bertz CT molecular complexity index is 868. The third-order valence-electron chi connectivity index (χ3n) is 5.27. The number of ether oxygens (including phenoxy) is 1. The van der Waals surface area contributed by atoms with Gasteiger partial charge in [-0.05, 0) is 36.2 Å². The second kappa shape index (κ2) is 6.37. The quantitative estimate of drug-likeness (QED) is 0.860. The molecule has 136 valence electrons. The van der Waals surface area contributed by atoms with Crippen LogP contribution in [0, 0.1) is 0 Å². The second-order valence-electron chi connectivity index (χ2n) is 7.25. The van der Waals surface area contributed by atoms with Gasteiger partial charge < -0.3 is 10.1 Å². The van der Waals surface area contributed by atoms with Crippen molar-refractivity contribution in [1.29, 1.82) is 0 Å². The smallest absolute Gasteiger partial charge is 0.326 e. The Balaban J connectivity index is 1.60. The van der Waals surface area contributed by atoms with Gasteiger partial charge in [0.15, 0.2) is 0 Å². The van der Waals surface area contributed by atoms with Crippen LogP contribution in [0.5, 0.6) is 0 Å². The predicted molar refractivity (Wildman–Crippen MR) is 98.5 cm³/mol.